The van der Waals surface area contributed by atoms with E-state index in [9.17, 15) is 14.0 Å². The Balaban J connectivity index is 3.02. The lowest BCUT2D eigenvalue weighted by atomic mass is 10.1. The molecule has 0 saturated heterocycles. The van der Waals surface area contributed by atoms with Crippen molar-refractivity contribution in [1.29, 1.82) is 0 Å². The second-order valence-electron chi connectivity index (χ2n) is 4.13. The number of amides is 1. The first kappa shape index (κ1) is 15.1. The first-order valence-corrected chi connectivity index (χ1v) is 5.74. The highest BCUT2D eigenvalue weighted by atomic mass is 19.1. The second kappa shape index (κ2) is 6.84. The lowest BCUT2D eigenvalue weighted by Gasteiger charge is -2.24. The number of benzene rings is 1. The van der Waals surface area contributed by atoms with Crippen LogP contribution in [0.1, 0.15) is 6.92 Å². The molecule has 1 N–H and O–H groups in total. The number of carbonyl (C=O) groups excluding carboxylic acids is 1. The standard InChI is InChI=1S/C13H16FNO4/c1-9(13(17)18)7-15(12(16)8-19-2)11-6-4-3-5-10(11)14/h3-6,9H,7-8H2,1-2H3,(H,17,18). The number of rotatable bonds is 6. The molecule has 0 spiro atoms. The number of hydrogen-bond acceptors (Lipinski definition) is 3. The molecular weight excluding hydrogens is 253 g/mol. The molecule has 0 heterocycles. The van der Waals surface area contributed by atoms with Crippen molar-refractivity contribution < 1.29 is 23.8 Å². The summed E-state index contributed by atoms with van der Waals surface area (Å²) in [5.74, 6) is -2.92. The summed E-state index contributed by atoms with van der Waals surface area (Å²) >= 11 is 0. The molecule has 0 radical (unpaired) electrons. The van der Waals surface area contributed by atoms with E-state index in [1.807, 2.05) is 0 Å². The number of anilines is 1. The monoisotopic (exact) mass is 269 g/mol. The predicted octanol–water partition coefficient (Wildman–Crippen LogP) is 1.53. The van der Waals surface area contributed by atoms with Gasteiger partial charge in [-0.2, -0.15) is 0 Å². The van der Waals surface area contributed by atoms with Gasteiger partial charge in [-0.3, -0.25) is 9.59 Å². The summed E-state index contributed by atoms with van der Waals surface area (Å²) in [6, 6.07) is 5.72. The van der Waals surface area contributed by atoms with Gasteiger partial charge in [-0.15, -0.1) is 0 Å². The van der Waals surface area contributed by atoms with Crippen LogP contribution in [0, 0.1) is 11.7 Å². The summed E-state index contributed by atoms with van der Waals surface area (Å²) in [5, 5.41) is 8.90. The van der Waals surface area contributed by atoms with Crippen molar-refractivity contribution in [1.82, 2.24) is 0 Å². The van der Waals surface area contributed by atoms with Crippen LogP contribution in [0.2, 0.25) is 0 Å². The van der Waals surface area contributed by atoms with E-state index in [-0.39, 0.29) is 18.8 Å². The van der Waals surface area contributed by atoms with Crippen molar-refractivity contribution in [2.75, 3.05) is 25.2 Å². The summed E-state index contributed by atoms with van der Waals surface area (Å²) in [5.41, 5.74) is 0.0534. The molecule has 104 valence electrons. The fourth-order valence-electron chi connectivity index (χ4n) is 1.56. The third-order valence-electron chi connectivity index (χ3n) is 2.59. The summed E-state index contributed by atoms with van der Waals surface area (Å²) in [6.45, 7) is 1.11. The van der Waals surface area contributed by atoms with Gasteiger partial charge in [0.15, 0.2) is 0 Å². The van der Waals surface area contributed by atoms with Crippen molar-refractivity contribution in [3.63, 3.8) is 0 Å². The molecule has 0 aliphatic carbocycles. The molecule has 1 amide bonds. The maximum atomic E-state index is 13.7. The van der Waals surface area contributed by atoms with Crippen LogP contribution >= 0.6 is 0 Å². The van der Waals surface area contributed by atoms with E-state index in [1.165, 1.54) is 32.2 Å². The molecular formula is C13H16FNO4. The zero-order chi connectivity index (χ0) is 14.4. The topological polar surface area (TPSA) is 66.8 Å². The van der Waals surface area contributed by atoms with Gasteiger partial charge in [-0.25, -0.2) is 4.39 Å². The lowest BCUT2D eigenvalue weighted by Crippen LogP contribution is -2.39. The minimum Gasteiger partial charge on any atom is -0.481 e. The fourth-order valence-corrected chi connectivity index (χ4v) is 1.56. The van der Waals surface area contributed by atoms with Crippen LogP contribution in [0.25, 0.3) is 0 Å². The first-order chi connectivity index (χ1) is 8.97. The maximum Gasteiger partial charge on any atom is 0.308 e. The van der Waals surface area contributed by atoms with Gasteiger partial charge in [0.1, 0.15) is 12.4 Å². The lowest BCUT2D eigenvalue weighted by molar-refractivity contribution is -0.140. The normalized spacial score (nSPS) is 11.9. The number of carboxylic acids is 1. The molecule has 0 bridgehead atoms. The Morgan fingerprint density at radius 1 is 1.42 bits per heavy atom. The van der Waals surface area contributed by atoms with Gasteiger partial charge < -0.3 is 14.7 Å². The van der Waals surface area contributed by atoms with Crippen molar-refractivity contribution in [3.8, 4) is 0 Å². The van der Waals surface area contributed by atoms with E-state index < -0.39 is 23.6 Å². The highest BCUT2D eigenvalue weighted by Crippen LogP contribution is 2.20. The second-order valence-corrected chi connectivity index (χ2v) is 4.13. The molecule has 1 rings (SSSR count). The Bertz CT molecular complexity index is 464. The van der Waals surface area contributed by atoms with E-state index in [1.54, 1.807) is 6.07 Å². The minimum absolute atomic E-state index is 0.0534. The molecule has 0 fully saturated rings. The van der Waals surface area contributed by atoms with Crippen molar-refractivity contribution in [2.24, 2.45) is 5.92 Å². The molecule has 5 nitrogen and oxygen atoms in total. The largest absolute Gasteiger partial charge is 0.481 e. The van der Waals surface area contributed by atoms with Crippen LogP contribution in [-0.2, 0) is 14.3 Å². The third kappa shape index (κ3) is 4.03. The van der Waals surface area contributed by atoms with Crippen LogP contribution in [-0.4, -0.2) is 37.2 Å². The average Bonchev–Trinajstić information content (AvgIpc) is 2.36. The molecule has 1 aromatic rings. The Morgan fingerprint density at radius 2 is 2.05 bits per heavy atom. The zero-order valence-corrected chi connectivity index (χ0v) is 10.8. The van der Waals surface area contributed by atoms with E-state index in [4.69, 9.17) is 9.84 Å². The SMILES string of the molecule is COCC(=O)N(CC(C)C(=O)O)c1ccccc1F. The van der Waals surface area contributed by atoms with Gasteiger partial charge in [-0.1, -0.05) is 19.1 Å². The van der Waals surface area contributed by atoms with Crippen molar-refractivity contribution >= 4 is 17.6 Å². The van der Waals surface area contributed by atoms with Gasteiger partial charge >= 0.3 is 5.97 Å². The number of para-hydroxylation sites is 1. The van der Waals surface area contributed by atoms with E-state index in [2.05, 4.69) is 0 Å². The highest BCUT2D eigenvalue weighted by molar-refractivity contribution is 5.95. The number of carbonyl (C=O) groups is 2. The molecule has 0 aliphatic rings. The molecule has 6 heteroatoms. The minimum atomic E-state index is -1.05. The van der Waals surface area contributed by atoms with Gasteiger partial charge in [0.25, 0.3) is 5.91 Å². The van der Waals surface area contributed by atoms with Gasteiger partial charge in [-0.05, 0) is 12.1 Å². The average molecular weight is 269 g/mol. The van der Waals surface area contributed by atoms with Crippen LogP contribution in [0.4, 0.5) is 10.1 Å². The molecule has 19 heavy (non-hydrogen) atoms. The molecule has 0 aromatic heterocycles. The van der Waals surface area contributed by atoms with Crippen LogP contribution in [0.5, 0.6) is 0 Å². The molecule has 1 unspecified atom stereocenters. The Morgan fingerprint density at radius 3 is 2.58 bits per heavy atom. The number of nitrogens with zero attached hydrogens (tertiary/aromatic N) is 1. The van der Waals surface area contributed by atoms with Gasteiger partial charge in [0.05, 0.1) is 11.6 Å². The molecule has 0 aliphatic heterocycles. The molecule has 0 saturated carbocycles. The number of ether oxygens (including phenoxy) is 1. The van der Waals surface area contributed by atoms with Crippen molar-refractivity contribution in [3.05, 3.63) is 30.1 Å². The molecule has 1 atom stereocenters. The first-order valence-electron chi connectivity index (χ1n) is 5.74. The smallest absolute Gasteiger partial charge is 0.308 e. The quantitative estimate of drug-likeness (QED) is 0.850. The van der Waals surface area contributed by atoms with Gasteiger partial charge in [0, 0.05) is 13.7 Å². The number of halogens is 1. The number of carboxylic acid groups (broad SMARTS) is 1. The maximum absolute atomic E-state index is 13.7. The number of aliphatic carboxylic acids is 1. The summed E-state index contributed by atoms with van der Waals surface area (Å²) < 4.78 is 18.4. The van der Waals surface area contributed by atoms with E-state index >= 15 is 0 Å². The summed E-state index contributed by atoms with van der Waals surface area (Å²) in [4.78, 5) is 23.9. The number of hydrogen-bond donors (Lipinski definition) is 1. The van der Waals surface area contributed by atoms with Crippen molar-refractivity contribution in [2.45, 2.75) is 6.92 Å². The van der Waals surface area contributed by atoms with Crippen LogP contribution in [0.15, 0.2) is 24.3 Å². The van der Waals surface area contributed by atoms with E-state index in [0.29, 0.717) is 0 Å². The van der Waals surface area contributed by atoms with E-state index in [0.717, 1.165) is 4.90 Å². The Hall–Kier alpha value is -1.95. The van der Waals surface area contributed by atoms with Crippen LogP contribution < -0.4 is 4.90 Å². The van der Waals surface area contributed by atoms with Crippen LogP contribution in [0.3, 0.4) is 0 Å². The molecule has 1 aromatic carbocycles. The predicted molar refractivity (Wildman–Crippen MR) is 67.4 cm³/mol. The third-order valence-corrected chi connectivity index (χ3v) is 2.59. The summed E-state index contributed by atoms with van der Waals surface area (Å²) in [7, 11) is 1.35. The zero-order valence-electron chi connectivity index (χ0n) is 10.8. The van der Waals surface area contributed by atoms with Gasteiger partial charge in [0.2, 0.25) is 0 Å². The summed E-state index contributed by atoms with van der Waals surface area (Å²) in [6.07, 6.45) is 0. The fraction of sp³-hybridized carbons (Fsp3) is 0.385. The Kier molecular flexibility index (Phi) is 5.44. The number of methoxy groups -OCH3 is 1. The Labute approximate surface area is 110 Å². The highest BCUT2D eigenvalue weighted by Gasteiger charge is 2.23.